The summed E-state index contributed by atoms with van der Waals surface area (Å²) in [5, 5.41) is 20.0. The van der Waals surface area contributed by atoms with Gasteiger partial charge in [0.15, 0.2) is 0 Å². The van der Waals surface area contributed by atoms with Crippen LogP contribution in [0.5, 0.6) is 0 Å². The van der Waals surface area contributed by atoms with Gasteiger partial charge < -0.3 is 5.11 Å². The number of hydrogen-bond acceptors (Lipinski definition) is 4. The van der Waals surface area contributed by atoms with E-state index in [0.717, 1.165) is 18.4 Å². The minimum Gasteiger partial charge on any atom is -0.481 e. The molecular weight excluding hydrogens is 340 g/mol. The molecule has 2 saturated heterocycles. The lowest BCUT2D eigenvalue weighted by Crippen LogP contribution is -2.32. The quantitative estimate of drug-likeness (QED) is 0.663. The zero-order valence-electron chi connectivity index (χ0n) is 11.2. The number of carbonyl (C=O) groups is 1. The number of aliphatic carboxylic acids is 1. The molecule has 2 heterocycles. The third kappa shape index (κ3) is 2.55. The van der Waals surface area contributed by atoms with E-state index in [2.05, 4.69) is 20.8 Å². The first-order chi connectivity index (χ1) is 9.97. The number of hydrogen-bond donors (Lipinski definition) is 1. The van der Waals surface area contributed by atoms with E-state index in [0.29, 0.717) is 23.5 Å². The van der Waals surface area contributed by atoms with E-state index in [-0.39, 0.29) is 17.6 Å². The van der Waals surface area contributed by atoms with Crippen LogP contribution in [-0.2, 0) is 11.3 Å². The van der Waals surface area contributed by atoms with Crippen molar-refractivity contribution in [2.75, 3.05) is 0 Å². The Balaban J connectivity index is 1.79. The van der Waals surface area contributed by atoms with Crippen LogP contribution < -0.4 is 0 Å². The monoisotopic (exact) mass is 354 g/mol. The average Bonchev–Trinajstić information content (AvgIpc) is 2.98. The second-order valence-electron chi connectivity index (χ2n) is 5.68. The van der Waals surface area contributed by atoms with Crippen molar-refractivity contribution in [3.05, 3.63) is 38.3 Å². The standard InChI is InChI=1S/C14H15BrN2O4/c15-12-6-10(17(20)21)2-1-8(12)7-16-9-3-4-13(16)11(5-9)14(18)19/h1-2,6,9,11,13H,3-5,7H2,(H,18,19). The van der Waals surface area contributed by atoms with Crippen LogP contribution in [0.25, 0.3) is 0 Å². The molecule has 3 atom stereocenters. The molecule has 0 aliphatic carbocycles. The fourth-order valence-corrected chi connectivity index (χ4v) is 4.08. The summed E-state index contributed by atoms with van der Waals surface area (Å²) in [5.41, 5.74) is 1.02. The van der Waals surface area contributed by atoms with Crippen LogP contribution in [-0.4, -0.2) is 33.0 Å². The van der Waals surface area contributed by atoms with Crippen molar-refractivity contribution >= 4 is 27.6 Å². The molecule has 3 rings (SSSR count). The fourth-order valence-electron chi connectivity index (χ4n) is 3.59. The van der Waals surface area contributed by atoms with Crippen LogP contribution >= 0.6 is 15.9 Å². The van der Waals surface area contributed by atoms with Gasteiger partial charge in [-0.3, -0.25) is 19.8 Å². The van der Waals surface area contributed by atoms with E-state index in [1.54, 1.807) is 6.07 Å². The largest absolute Gasteiger partial charge is 0.481 e. The van der Waals surface area contributed by atoms with Crippen molar-refractivity contribution in [1.29, 1.82) is 0 Å². The minimum atomic E-state index is -0.713. The summed E-state index contributed by atoms with van der Waals surface area (Å²) < 4.78 is 0.704. The summed E-state index contributed by atoms with van der Waals surface area (Å²) in [4.78, 5) is 23.8. The Morgan fingerprint density at radius 2 is 2.24 bits per heavy atom. The number of carboxylic acids is 1. The molecule has 6 nitrogen and oxygen atoms in total. The summed E-state index contributed by atoms with van der Waals surface area (Å²) in [5.74, 6) is -0.990. The van der Waals surface area contributed by atoms with Gasteiger partial charge in [-0.1, -0.05) is 15.9 Å². The summed E-state index contributed by atoms with van der Waals surface area (Å²) >= 11 is 3.38. The van der Waals surface area contributed by atoms with Crippen molar-refractivity contribution in [1.82, 2.24) is 4.90 Å². The van der Waals surface area contributed by atoms with Gasteiger partial charge in [-0.25, -0.2) is 0 Å². The van der Waals surface area contributed by atoms with Gasteiger partial charge in [0.2, 0.25) is 0 Å². The summed E-state index contributed by atoms with van der Waals surface area (Å²) in [6.45, 7) is 0.637. The smallest absolute Gasteiger partial charge is 0.308 e. The first-order valence-corrected chi connectivity index (χ1v) is 7.68. The third-order valence-electron chi connectivity index (χ3n) is 4.60. The normalized spacial score (nSPS) is 28.0. The van der Waals surface area contributed by atoms with Crippen molar-refractivity contribution in [2.45, 2.75) is 37.9 Å². The highest BCUT2D eigenvalue weighted by atomic mass is 79.9. The van der Waals surface area contributed by atoms with Crippen molar-refractivity contribution < 1.29 is 14.8 Å². The lowest BCUT2D eigenvalue weighted by molar-refractivity contribution is -0.384. The van der Waals surface area contributed by atoms with Crippen LogP contribution in [0.1, 0.15) is 24.8 Å². The third-order valence-corrected chi connectivity index (χ3v) is 5.34. The number of nitro groups is 1. The van der Waals surface area contributed by atoms with E-state index in [9.17, 15) is 20.0 Å². The SMILES string of the molecule is O=C(O)C1CC2CCC1N2Cc1ccc([N+](=O)[O-])cc1Br. The number of fused-ring (bicyclic) bond motifs is 2. The Morgan fingerprint density at radius 3 is 2.81 bits per heavy atom. The maximum Gasteiger partial charge on any atom is 0.308 e. The van der Waals surface area contributed by atoms with Crippen LogP contribution in [0.2, 0.25) is 0 Å². The summed E-state index contributed by atoms with van der Waals surface area (Å²) in [7, 11) is 0. The summed E-state index contributed by atoms with van der Waals surface area (Å²) in [6.07, 6.45) is 2.68. The molecule has 7 heteroatoms. The molecule has 1 aromatic rings. The minimum absolute atomic E-state index is 0.0541. The van der Waals surface area contributed by atoms with Crippen molar-refractivity contribution in [2.24, 2.45) is 5.92 Å². The first kappa shape index (κ1) is 14.5. The van der Waals surface area contributed by atoms with Crippen molar-refractivity contribution in [3.8, 4) is 0 Å². The Bertz CT molecular complexity index is 607. The lowest BCUT2D eigenvalue weighted by atomic mass is 9.89. The van der Waals surface area contributed by atoms with Gasteiger partial charge in [-0.2, -0.15) is 0 Å². The fraction of sp³-hybridized carbons (Fsp3) is 0.500. The number of nitrogens with zero attached hydrogens (tertiary/aromatic N) is 2. The van der Waals surface area contributed by atoms with Gasteiger partial charge in [0, 0.05) is 35.2 Å². The van der Waals surface area contributed by atoms with Crippen LogP contribution in [0.4, 0.5) is 5.69 Å². The molecule has 0 radical (unpaired) electrons. The molecule has 0 amide bonds. The van der Waals surface area contributed by atoms with Gasteiger partial charge in [-0.15, -0.1) is 0 Å². The molecule has 2 aliphatic rings. The highest BCUT2D eigenvalue weighted by molar-refractivity contribution is 9.10. The van der Waals surface area contributed by atoms with E-state index in [1.165, 1.54) is 12.1 Å². The molecule has 0 spiro atoms. The molecule has 2 aliphatic heterocycles. The maximum atomic E-state index is 11.3. The number of carboxylic acid groups (broad SMARTS) is 1. The van der Waals surface area contributed by atoms with Gasteiger partial charge in [0.25, 0.3) is 5.69 Å². The average molecular weight is 355 g/mol. The molecule has 3 unspecified atom stereocenters. The van der Waals surface area contributed by atoms with Gasteiger partial charge in [0.05, 0.1) is 10.8 Å². The molecule has 21 heavy (non-hydrogen) atoms. The second-order valence-corrected chi connectivity index (χ2v) is 6.54. The topological polar surface area (TPSA) is 83.7 Å². The Kier molecular flexibility index (Phi) is 3.71. The predicted molar refractivity (Wildman–Crippen MR) is 78.9 cm³/mol. The highest BCUT2D eigenvalue weighted by Gasteiger charge is 2.49. The number of benzene rings is 1. The van der Waals surface area contributed by atoms with Crippen LogP contribution in [0.3, 0.4) is 0 Å². The van der Waals surface area contributed by atoms with E-state index in [4.69, 9.17) is 0 Å². The van der Waals surface area contributed by atoms with Crippen molar-refractivity contribution in [3.63, 3.8) is 0 Å². The molecule has 1 aromatic carbocycles. The highest BCUT2D eigenvalue weighted by Crippen LogP contribution is 2.43. The number of rotatable bonds is 4. The number of non-ortho nitro benzene ring substituents is 1. The van der Waals surface area contributed by atoms with Crippen LogP contribution in [0, 0.1) is 16.0 Å². The Hall–Kier alpha value is -1.47. The molecule has 0 aromatic heterocycles. The Labute approximate surface area is 130 Å². The lowest BCUT2D eigenvalue weighted by Gasteiger charge is -2.23. The van der Waals surface area contributed by atoms with E-state index < -0.39 is 10.9 Å². The zero-order chi connectivity index (χ0) is 15.1. The van der Waals surface area contributed by atoms with Gasteiger partial charge in [-0.05, 0) is 30.9 Å². The van der Waals surface area contributed by atoms with Crippen LogP contribution in [0.15, 0.2) is 22.7 Å². The predicted octanol–water partition coefficient (Wildman–Crippen LogP) is 2.79. The molecular formula is C14H15BrN2O4. The second kappa shape index (κ2) is 5.38. The zero-order valence-corrected chi connectivity index (χ0v) is 12.8. The number of nitro benzene ring substituents is 1. The molecule has 2 fully saturated rings. The van der Waals surface area contributed by atoms with E-state index >= 15 is 0 Å². The van der Waals surface area contributed by atoms with Gasteiger partial charge >= 0.3 is 5.97 Å². The van der Waals surface area contributed by atoms with E-state index in [1.807, 2.05) is 0 Å². The maximum absolute atomic E-state index is 11.3. The number of halogens is 1. The first-order valence-electron chi connectivity index (χ1n) is 6.88. The molecule has 1 N–H and O–H groups in total. The molecule has 0 saturated carbocycles. The molecule has 2 bridgehead atoms. The Morgan fingerprint density at radius 1 is 1.48 bits per heavy atom. The summed E-state index contributed by atoms with van der Waals surface area (Å²) in [6, 6.07) is 5.15. The van der Waals surface area contributed by atoms with Gasteiger partial charge in [0.1, 0.15) is 0 Å². The molecule has 112 valence electrons.